The van der Waals surface area contributed by atoms with Gasteiger partial charge < -0.3 is 9.97 Å². The number of benzene rings is 2. The van der Waals surface area contributed by atoms with Crippen molar-refractivity contribution in [1.82, 2.24) is 9.97 Å². The third-order valence-corrected chi connectivity index (χ3v) is 7.03. The summed E-state index contributed by atoms with van der Waals surface area (Å²) in [5, 5.41) is 2.60. The fourth-order valence-electron chi connectivity index (χ4n) is 4.25. The van der Waals surface area contributed by atoms with E-state index in [9.17, 15) is 0 Å². The van der Waals surface area contributed by atoms with Crippen molar-refractivity contribution in [3.63, 3.8) is 0 Å². The van der Waals surface area contributed by atoms with Gasteiger partial charge in [0.1, 0.15) is 0 Å². The number of nitrogens with one attached hydrogen (secondary N) is 2. The van der Waals surface area contributed by atoms with Crippen LogP contribution in [-0.2, 0) is 0 Å². The van der Waals surface area contributed by atoms with E-state index in [4.69, 9.17) is 0 Å². The molecule has 0 saturated carbocycles. The fraction of sp³-hybridized carbons (Fsp3) is 0.130. The minimum Gasteiger partial charge on any atom is -0.358 e. The Balaban J connectivity index is 1.87. The summed E-state index contributed by atoms with van der Waals surface area (Å²) < 4.78 is 1.16. The molecule has 2 aromatic carbocycles. The Morgan fingerprint density at radius 3 is 1.74 bits per heavy atom. The van der Waals surface area contributed by atoms with Crippen LogP contribution >= 0.6 is 27.3 Å². The molecule has 0 atom stereocenters. The summed E-state index contributed by atoms with van der Waals surface area (Å²) in [6.07, 6.45) is 0. The third kappa shape index (κ3) is 2.67. The number of hydrogen-bond acceptors (Lipinski definition) is 1. The lowest BCUT2D eigenvalue weighted by Gasteiger charge is -2.18. The average molecular weight is 435 g/mol. The predicted octanol–water partition coefficient (Wildman–Crippen LogP) is 7.27. The zero-order valence-electron chi connectivity index (χ0n) is 15.1. The van der Waals surface area contributed by atoms with Gasteiger partial charge >= 0.3 is 0 Å². The number of H-pyrrole nitrogens is 2. The molecule has 0 fully saturated rings. The lowest BCUT2D eigenvalue weighted by molar-refractivity contribution is 0.985. The maximum atomic E-state index is 3.67. The Labute approximate surface area is 170 Å². The summed E-state index contributed by atoms with van der Waals surface area (Å²) in [5.41, 5.74) is 7.60. The van der Waals surface area contributed by atoms with Crippen LogP contribution in [0.5, 0.6) is 0 Å². The summed E-state index contributed by atoms with van der Waals surface area (Å²) in [4.78, 5) is 8.54. The largest absolute Gasteiger partial charge is 0.358 e. The van der Waals surface area contributed by atoms with Crippen LogP contribution in [0.4, 0.5) is 0 Å². The molecule has 3 aromatic heterocycles. The molecule has 5 aromatic rings. The van der Waals surface area contributed by atoms with Crippen LogP contribution in [0.3, 0.4) is 0 Å². The first-order chi connectivity index (χ1) is 13.1. The van der Waals surface area contributed by atoms with Gasteiger partial charge in [-0.05, 0) is 65.2 Å². The van der Waals surface area contributed by atoms with Crippen molar-refractivity contribution in [2.24, 2.45) is 0 Å². The number of aromatic nitrogens is 2. The summed E-state index contributed by atoms with van der Waals surface area (Å²) in [5.74, 6) is 0.189. The maximum Gasteiger partial charge on any atom is 0.0701 e. The first-order valence-electron chi connectivity index (χ1n) is 9.03. The first kappa shape index (κ1) is 16.8. The lowest BCUT2D eigenvalue weighted by atomic mass is 9.86. The van der Waals surface area contributed by atoms with E-state index in [1.807, 2.05) is 11.3 Å². The van der Waals surface area contributed by atoms with E-state index < -0.39 is 0 Å². The van der Waals surface area contributed by atoms with Crippen LogP contribution < -0.4 is 0 Å². The maximum absolute atomic E-state index is 3.67. The van der Waals surface area contributed by atoms with Crippen molar-refractivity contribution in [2.75, 3.05) is 0 Å². The third-order valence-electron chi connectivity index (χ3n) is 5.34. The second kappa shape index (κ2) is 6.39. The molecule has 0 bridgehead atoms. The fourth-order valence-corrected chi connectivity index (χ4v) is 5.80. The summed E-state index contributed by atoms with van der Waals surface area (Å²) in [6.45, 7) is 4.38. The van der Waals surface area contributed by atoms with Crippen LogP contribution in [0.15, 0.2) is 64.5 Å². The normalized spacial score (nSPS) is 11.9. The molecular formula is C23H19BrN2S. The molecule has 2 N–H and O–H groups in total. The summed E-state index contributed by atoms with van der Waals surface area (Å²) >= 11 is 5.48. The number of halogens is 1. The van der Waals surface area contributed by atoms with Crippen molar-refractivity contribution in [2.45, 2.75) is 19.8 Å². The first-order valence-corrected chi connectivity index (χ1v) is 10.6. The van der Waals surface area contributed by atoms with E-state index in [-0.39, 0.29) is 5.92 Å². The molecule has 27 heavy (non-hydrogen) atoms. The van der Waals surface area contributed by atoms with Gasteiger partial charge in [-0.25, -0.2) is 0 Å². The van der Waals surface area contributed by atoms with E-state index in [1.165, 1.54) is 49.2 Å². The van der Waals surface area contributed by atoms with E-state index in [2.05, 4.69) is 100 Å². The SMILES string of the molecule is Cc1[nH]c2ccccc2c1C(c1ccc(Br)s1)c1c(C)[nH]c2ccccc12. The average Bonchev–Trinajstić information content (AvgIpc) is 3.32. The highest BCUT2D eigenvalue weighted by Crippen LogP contribution is 2.45. The quantitative estimate of drug-likeness (QED) is 0.299. The number of fused-ring (bicyclic) bond motifs is 2. The molecule has 2 nitrogen and oxygen atoms in total. The standard InChI is InChI=1S/C23H19BrN2S/c1-13-21(15-7-3-5-9-17(15)25-13)23(19-11-12-20(24)27-19)22-14(2)26-18-10-6-4-8-16(18)22/h3-12,23,25-26H,1-2H3. The Hall–Kier alpha value is -2.30. The molecule has 0 aliphatic rings. The van der Waals surface area contributed by atoms with Gasteiger partial charge in [-0.2, -0.15) is 0 Å². The number of rotatable bonds is 3. The zero-order chi connectivity index (χ0) is 18.5. The molecule has 0 amide bonds. The number of para-hydroxylation sites is 2. The van der Waals surface area contributed by atoms with Crippen LogP contribution in [0, 0.1) is 13.8 Å². The summed E-state index contributed by atoms with van der Waals surface area (Å²) in [7, 11) is 0. The monoisotopic (exact) mass is 434 g/mol. The molecule has 0 unspecified atom stereocenters. The van der Waals surface area contributed by atoms with Crippen molar-refractivity contribution in [3.05, 3.63) is 91.8 Å². The lowest BCUT2D eigenvalue weighted by Crippen LogP contribution is -2.04. The van der Waals surface area contributed by atoms with Crippen molar-refractivity contribution < 1.29 is 0 Å². The van der Waals surface area contributed by atoms with Crippen LogP contribution in [-0.4, -0.2) is 9.97 Å². The Morgan fingerprint density at radius 2 is 1.26 bits per heavy atom. The van der Waals surface area contributed by atoms with Crippen LogP contribution in [0.2, 0.25) is 0 Å². The number of thiophene rings is 1. The van der Waals surface area contributed by atoms with E-state index in [1.54, 1.807) is 0 Å². The zero-order valence-corrected chi connectivity index (χ0v) is 17.5. The number of aromatic amines is 2. The van der Waals surface area contributed by atoms with Crippen molar-refractivity contribution >= 4 is 49.1 Å². The Bertz CT molecular complexity index is 1190. The minimum absolute atomic E-state index is 0.189. The Morgan fingerprint density at radius 1 is 0.741 bits per heavy atom. The molecule has 0 aliphatic carbocycles. The minimum atomic E-state index is 0.189. The van der Waals surface area contributed by atoms with E-state index >= 15 is 0 Å². The van der Waals surface area contributed by atoms with Crippen LogP contribution in [0.25, 0.3) is 21.8 Å². The van der Waals surface area contributed by atoms with Crippen molar-refractivity contribution in [3.8, 4) is 0 Å². The van der Waals surface area contributed by atoms with Gasteiger partial charge in [-0.1, -0.05) is 36.4 Å². The molecule has 3 heterocycles. The Kier molecular flexibility index (Phi) is 3.99. The molecule has 0 aliphatic heterocycles. The van der Waals surface area contributed by atoms with Crippen molar-refractivity contribution in [1.29, 1.82) is 0 Å². The van der Waals surface area contributed by atoms with Gasteiger partial charge in [0.2, 0.25) is 0 Å². The van der Waals surface area contributed by atoms with E-state index in [0.29, 0.717) is 0 Å². The van der Waals surface area contributed by atoms with Gasteiger partial charge in [0.15, 0.2) is 0 Å². The predicted molar refractivity (Wildman–Crippen MR) is 119 cm³/mol. The second-order valence-electron chi connectivity index (χ2n) is 6.99. The van der Waals surface area contributed by atoms with Gasteiger partial charge in [-0.15, -0.1) is 11.3 Å². The highest BCUT2D eigenvalue weighted by Gasteiger charge is 2.28. The second-order valence-corrected chi connectivity index (χ2v) is 9.49. The number of aryl methyl sites for hydroxylation is 2. The van der Waals surface area contributed by atoms with Gasteiger partial charge in [0.25, 0.3) is 0 Å². The molecule has 5 rings (SSSR count). The molecular weight excluding hydrogens is 416 g/mol. The highest BCUT2D eigenvalue weighted by molar-refractivity contribution is 9.11. The van der Waals surface area contributed by atoms with Gasteiger partial charge in [0.05, 0.1) is 3.79 Å². The topological polar surface area (TPSA) is 31.6 Å². The number of hydrogen-bond donors (Lipinski definition) is 2. The van der Waals surface area contributed by atoms with E-state index in [0.717, 1.165) is 3.79 Å². The molecule has 0 saturated heterocycles. The smallest absolute Gasteiger partial charge is 0.0701 e. The van der Waals surface area contributed by atoms with Crippen LogP contribution in [0.1, 0.15) is 33.3 Å². The highest BCUT2D eigenvalue weighted by atomic mass is 79.9. The molecule has 4 heteroatoms. The molecule has 0 radical (unpaired) electrons. The molecule has 134 valence electrons. The summed E-state index contributed by atoms with van der Waals surface area (Å²) in [6, 6.07) is 21.6. The van der Waals surface area contributed by atoms with Gasteiger partial charge in [-0.3, -0.25) is 0 Å². The molecule has 0 spiro atoms. The van der Waals surface area contributed by atoms with Gasteiger partial charge in [0, 0.05) is 44.0 Å².